The van der Waals surface area contributed by atoms with E-state index in [9.17, 15) is 9.90 Å². The lowest BCUT2D eigenvalue weighted by Crippen LogP contribution is -2.05. The molecule has 0 saturated heterocycles. The first-order valence-electron chi connectivity index (χ1n) is 9.63. The number of rotatable bonds is 6. The molecule has 0 amide bonds. The molecule has 0 aliphatic heterocycles. The van der Waals surface area contributed by atoms with E-state index in [-0.39, 0.29) is 19.1 Å². The molecule has 0 unspecified atom stereocenters. The Bertz CT molecular complexity index is 989. The van der Waals surface area contributed by atoms with E-state index in [1.54, 1.807) is 19.1 Å². The minimum absolute atomic E-state index is 0. The summed E-state index contributed by atoms with van der Waals surface area (Å²) in [5.74, 6) is -0.0153. The maximum absolute atomic E-state index is 11.7. The molecule has 0 aliphatic carbocycles. The average Bonchev–Trinajstić information content (AvgIpc) is 2.66. The molecule has 3 aromatic carbocycles. The summed E-state index contributed by atoms with van der Waals surface area (Å²) in [5.41, 5.74) is 7.88. The number of hydrogen-bond acceptors (Lipinski definition) is 3. The van der Waals surface area contributed by atoms with Gasteiger partial charge < -0.3 is 9.84 Å². The SMILES string of the molecule is C.CCOC(=O)CCc1cc(O)ccc1-c1ccc(-c2cccc(C)c2)c(C)c1. The maximum atomic E-state index is 11.7. The summed E-state index contributed by atoms with van der Waals surface area (Å²) in [4.78, 5) is 11.7. The quantitative estimate of drug-likeness (QED) is 0.490. The fourth-order valence-corrected chi connectivity index (χ4v) is 3.51. The first-order valence-corrected chi connectivity index (χ1v) is 9.63. The van der Waals surface area contributed by atoms with Gasteiger partial charge in [-0.3, -0.25) is 4.79 Å². The van der Waals surface area contributed by atoms with Crippen molar-refractivity contribution < 1.29 is 14.6 Å². The molecule has 0 aliphatic rings. The van der Waals surface area contributed by atoms with Crippen LogP contribution in [0.1, 0.15) is 37.5 Å². The fraction of sp³-hybridized carbons (Fsp3) is 0.269. The first kappa shape index (κ1) is 22.2. The minimum Gasteiger partial charge on any atom is -0.508 e. The lowest BCUT2D eigenvalue weighted by molar-refractivity contribution is -0.143. The predicted molar refractivity (Wildman–Crippen MR) is 120 cm³/mol. The van der Waals surface area contributed by atoms with E-state index in [1.807, 2.05) is 6.07 Å². The molecule has 0 radical (unpaired) electrons. The number of ether oxygens (including phenoxy) is 1. The van der Waals surface area contributed by atoms with Crippen molar-refractivity contribution in [2.24, 2.45) is 0 Å². The van der Waals surface area contributed by atoms with E-state index in [2.05, 4.69) is 56.3 Å². The molecule has 3 nitrogen and oxygen atoms in total. The molecule has 0 spiro atoms. The number of esters is 1. The van der Waals surface area contributed by atoms with Crippen molar-refractivity contribution in [2.75, 3.05) is 6.61 Å². The van der Waals surface area contributed by atoms with Crippen molar-refractivity contribution in [3.63, 3.8) is 0 Å². The summed E-state index contributed by atoms with van der Waals surface area (Å²) in [6.07, 6.45) is 0.825. The lowest BCUT2D eigenvalue weighted by Gasteiger charge is -2.13. The second kappa shape index (κ2) is 9.92. The molecular weight excluding hydrogens is 360 g/mol. The van der Waals surface area contributed by atoms with Crippen molar-refractivity contribution in [1.29, 1.82) is 0 Å². The molecule has 29 heavy (non-hydrogen) atoms. The maximum Gasteiger partial charge on any atom is 0.306 e. The average molecular weight is 391 g/mol. The van der Waals surface area contributed by atoms with Gasteiger partial charge in [-0.1, -0.05) is 61.5 Å². The number of phenols is 1. The Kier molecular flexibility index (Phi) is 7.60. The number of carbonyl (C=O) groups excluding carboxylic acids is 1. The molecule has 3 heteroatoms. The van der Waals surface area contributed by atoms with E-state index >= 15 is 0 Å². The Morgan fingerprint density at radius 3 is 2.34 bits per heavy atom. The van der Waals surface area contributed by atoms with E-state index < -0.39 is 0 Å². The highest BCUT2D eigenvalue weighted by Crippen LogP contribution is 2.32. The molecule has 3 rings (SSSR count). The Balaban J connectivity index is 0.00000300. The van der Waals surface area contributed by atoms with Crippen LogP contribution in [-0.4, -0.2) is 17.7 Å². The van der Waals surface area contributed by atoms with Crippen LogP contribution in [0.25, 0.3) is 22.3 Å². The Morgan fingerprint density at radius 1 is 0.931 bits per heavy atom. The number of aryl methyl sites for hydroxylation is 3. The van der Waals surface area contributed by atoms with Crippen LogP contribution in [0, 0.1) is 13.8 Å². The zero-order valence-electron chi connectivity index (χ0n) is 16.7. The van der Waals surface area contributed by atoms with Gasteiger partial charge in [0.25, 0.3) is 0 Å². The molecule has 0 bridgehead atoms. The van der Waals surface area contributed by atoms with E-state index in [0.717, 1.165) is 16.7 Å². The van der Waals surface area contributed by atoms with Gasteiger partial charge in [0.2, 0.25) is 0 Å². The summed E-state index contributed by atoms with van der Waals surface area (Å²) >= 11 is 0. The van der Waals surface area contributed by atoms with Crippen molar-refractivity contribution in [2.45, 2.75) is 41.0 Å². The van der Waals surface area contributed by atoms with Crippen molar-refractivity contribution in [1.82, 2.24) is 0 Å². The highest BCUT2D eigenvalue weighted by Gasteiger charge is 2.11. The Morgan fingerprint density at radius 2 is 1.66 bits per heavy atom. The number of benzene rings is 3. The third-order valence-electron chi connectivity index (χ3n) is 4.86. The second-order valence-electron chi connectivity index (χ2n) is 7.05. The summed E-state index contributed by atoms with van der Waals surface area (Å²) < 4.78 is 5.03. The standard InChI is InChI=1S/C25H26O3.CH4/c1-4-28-25(27)13-9-21-16-22(26)10-12-24(21)20-8-11-23(18(3)15-20)19-7-5-6-17(2)14-19;/h5-8,10-12,14-16,26H,4,9,13H2,1-3H3;1H4. The van der Waals surface area contributed by atoms with Gasteiger partial charge in [0.05, 0.1) is 6.61 Å². The van der Waals surface area contributed by atoms with E-state index in [1.165, 1.54) is 22.3 Å². The molecule has 152 valence electrons. The zero-order valence-corrected chi connectivity index (χ0v) is 16.7. The van der Waals surface area contributed by atoms with Crippen LogP contribution in [0.4, 0.5) is 0 Å². The van der Waals surface area contributed by atoms with Gasteiger partial charge in [0, 0.05) is 6.42 Å². The zero-order chi connectivity index (χ0) is 20.1. The molecule has 0 atom stereocenters. The number of phenolic OH excluding ortho intramolecular Hbond substituents is 1. The largest absolute Gasteiger partial charge is 0.508 e. The molecule has 0 saturated carbocycles. The molecule has 0 aromatic heterocycles. The van der Waals surface area contributed by atoms with Gasteiger partial charge in [0.15, 0.2) is 0 Å². The van der Waals surface area contributed by atoms with Gasteiger partial charge >= 0.3 is 5.97 Å². The number of carbonyl (C=O) groups is 1. The van der Waals surface area contributed by atoms with Crippen LogP contribution in [-0.2, 0) is 16.0 Å². The third-order valence-corrected chi connectivity index (χ3v) is 4.86. The Hall–Kier alpha value is -3.07. The third kappa shape index (κ3) is 5.47. The highest BCUT2D eigenvalue weighted by atomic mass is 16.5. The summed E-state index contributed by atoms with van der Waals surface area (Å²) in [6.45, 7) is 6.39. The van der Waals surface area contributed by atoms with Crippen molar-refractivity contribution in [3.8, 4) is 28.0 Å². The van der Waals surface area contributed by atoms with Crippen LogP contribution >= 0.6 is 0 Å². The molecular formula is C26H30O3. The predicted octanol–water partition coefficient (Wildman–Crippen LogP) is 6.47. The van der Waals surface area contributed by atoms with E-state index in [0.29, 0.717) is 19.4 Å². The fourth-order valence-electron chi connectivity index (χ4n) is 3.51. The summed E-state index contributed by atoms with van der Waals surface area (Å²) in [7, 11) is 0. The second-order valence-corrected chi connectivity index (χ2v) is 7.05. The Labute approximate surface area is 174 Å². The topological polar surface area (TPSA) is 46.5 Å². The van der Waals surface area contributed by atoms with E-state index in [4.69, 9.17) is 4.74 Å². The molecule has 1 N–H and O–H groups in total. The smallest absolute Gasteiger partial charge is 0.306 e. The van der Waals surface area contributed by atoms with Crippen LogP contribution in [0.2, 0.25) is 0 Å². The van der Waals surface area contributed by atoms with Crippen LogP contribution < -0.4 is 0 Å². The molecule has 0 heterocycles. The van der Waals surface area contributed by atoms with Crippen LogP contribution in [0.3, 0.4) is 0 Å². The van der Waals surface area contributed by atoms with Crippen molar-refractivity contribution in [3.05, 3.63) is 77.4 Å². The molecule has 0 fully saturated rings. The summed E-state index contributed by atoms with van der Waals surface area (Å²) in [5, 5.41) is 9.91. The normalized spacial score (nSPS) is 10.3. The first-order chi connectivity index (χ1) is 13.5. The monoisotopic (exact) mass is 390 g/mol. The number of aromatic hydroxyl groups is 1. The summed E-state index contributed by atoms with van der Waals surface area (Å²) in [6, 6.07) is 20.2. The van der Waals surface area contributed by atoms with Gasteiger partial charge in [0.1, 0.15) is 5.75 Å². The van der Waals surface area contributed by atoms with Gasteiger partial charge in [-0.2, -0.15) is 0 Å². The van der Waals surface area contributed by atoms with Crippen molar-refractivity contribution >= 4 is 5.97 Å². The van der Waals surface area contributed by atoms with Gasteiger partial charge in [-0.05, 0) is 72.7 Å². The highest BCUT2D eigenvalue weighted by molar-refractivity contribution is 5.76. The van der Waals surface area contributed by atoms with Crippen LogP contribution in [0.5, 0.6) is 5.75 Å². The van der Waals surface area contributed by atoms with Gasteiger partial charge in [-0.25, -0.2) is 0 Å². The van der Waals surface area contributed by atoms with Crippen LogP contribution in [0.15, 0.2) is 60.7 Å². The lowest BCUT2D eigenvalue weighted by atomic mass is 9.92. The number of hydrogen-bond donors (Lipinski definition) is 1. The van der Waals surface area contributed by atoms with Gasteiger partial charge in [-0.15, -0.1) is 0 Å². The molecule has 3 aromatic rings. The minimum atomic E-state index is -0.220.